The fourth-order valence-corrected chi connectivity index (χ4v) is 9.06. The first kappa shape index (κ1) is 31.5. The topological polar surface area (TPSA) is 116 Å². The van der Waals surface area contributed by atoms with E-state index in [4.69, 9.17) is 13.1 Å². The van der Waals surface area contributed by atoms with Crippen molar-refractivity contribution in [1.82, 2.24) is 10.2 Å². The smallest absolute Gasteiger partial charge is 0.270 e. The van der Waals surface area contributed by atoms with Crippen molar-refractivity contribution in [3.63, 3.8) is 0 Å². The van der Waals surface area contributed by atoms with Crippen molar-refractivity contribution in [2.24, 2.45) is 0 Å². The highest BCUT2D eigenvalue weighted by Gasteiger charge is 2.29. The van der Waals surface area contributed by atoms with Gasteiger partial charge in [0.15, 0.2) is 8.68 Å². The van der Waals surface area contributed by atoms with Crippen LogP contribution < -0.4 is 0 Å². The zero-order valence-electron chi connectivity index (χ0n) is 25.2. The van der Waals surface area contributed by atoms with Gasteiger partial charge in [-0.05, 0) is 80.9 Å². The molecule has 230 valence electrons. The Morgan fingerprint density at radius 1 is 0.633 bits per heavy atom. The van der Waals surface area contributed by atoms with Crippen molar-refractivity contribution < 1.29 is 9.59 Å². The van der Waals surface area contributed by atoms with Crippen LogP contribution in [-0.4, -0.2) is 20.4 Å². The molecule has 0 saturated heterocycles. The van der Waals surface area contributed by atoms with Crippen LogP contribution in [-0.2, 0) is 12.8 Å². The molecule has 7 rings (SSSR count). The number of carbonyl (C=O) groups is 2. The highest BCUT2D eigenvalue weighted by atomic mass is 32.2. The average Bonchev–Trinajstić information content (AvgIpc) is 3.57. The number of aromatic nitrogens is 2. The number of nitriles is 2. The normalized spacial score (nSPS) is 14.3. The summed E-state index contributed by atoms with van der Waals surface area (Å²) in [6.07, 6.45) is 0.933. The molecule has 0 radical (unpaired) electrons. The third-order valence-corrected chi connectivity index (χ3v) is 11.1. The Balaban J connectivity index is 1.15. The Morgan fingerprint density at radius 3 is 1.45 bits per heavy atom. The SMILES string of the molecule is [C-]#[N+]C(C#N)=C1c2ccccc2Cc2c(C(=O)Sc3nnc(SC(=O)c4cccc5c4Cc4ccccc4C5=C(C#N)[N+]#[C-])s3)cccc21. The third kappa shape index (κ3) is 5.63. The molecule has 8 nitrogen and oxygen atoms in total. The molecule has 2 aliphatic rings. The van der Waals surface area contributed by atoms with E-state index in [2.05, 4.69) is 19.9 Å². The third-order valence-electron chi connectivity index (χ3n) is 8.30. The van der Waals surface area contributed by atoms with Crippen LogP contribution in [0.15, 0.2) is 105 Å². The molecule has 0 spiro atoms. The maximum absolute atomic E-state index is 13.7. The second-order valence-corrected chi connectivity index (χ2v) is 14.3. The summed E-state index contributed by atoms with van der Waals surface area (Å²) in [5, 5.41) is 27.3. The molecule has 4 aromatic carbocycles. The van der Waals surface area contributed by atoms with Crippen LogP contribution in [0.25, 0.3) is 20.8 Å². The molecule has 0 bridgehead atoms. The van der Waals surface area contributed by atoms with E-state index in [-0.39, 0.29) is 21.6 Å². The molecule has 0 atom stereocenters. The second kappa shape index (κ2) is 13.2. The van der Waals surface area contributed by atoms with E-state index < -0.39 is 0 Å². The molecule has 0 fully saturated rings. The van der Waals surface area contributed by atoms with Gasteiger partial charge in [0.05, 0.1) is 25.3 Å². The van der Waals surface area contributed by atoms with Crippen molar-refractivity contribution in [2.75, 3.05) is 0 Å². The molecule has 0 aliphatic heterocycles. The Kier molecular flexibility index (Phi) is 8.49. The summed E-state index contributed by atoms with van der Waals surface area (Å²) in [4.78, 5) is 34.4. The van der Waals surface area contributed by atoms with Crippen LogP contribution in [0.1, 0.15) is 65.2 Å². The standard InChI is InChI=1S/C38H18N6O2S3/c1-41-31(19-39)33-23-11-5-3-9-21(23)17-29-25(33)13-7-15-27(29)35(45)47-37-43-44-38(49-37)48-36(46)28-16-8-14-26-30(28)18-22-10-4-6-12-24(22)34(26)32(20-40)42-2/h3-16H,17-18H2. The van der Waals surface area contributed by atoms with Gasteiger partial charge in [-0.1, -0.05) is 96.3 Å². The van der Waals surface area contributed by atoms with Crippen molar-refractivity contribution in [2.45, 2.75) is 21.5 Å². The van der Waals surface area contributed by atoms with Gasteiger partial charge in [-0.2, -0.15) is 0 Å². The maximum Gasteiger partial charge on any atom is 0.270 e. The summed E-state index contributed by atoms with van der Waals surface area (Å²) in [6, 6.07) is 29.8. The van der Waals surface area contributed by atoms with Gasteiger partial charge in [-0.25, -0.2) is 20.2 Å². The Morgan fingerprint density at radius 2 is 1.04 bits per heavy atom. The number of rotatable bonds is 4. The molecular weight excluding hydrogens is 669 g/mol. The number of fused-ring (bicyclic) bond motifs is 4. The van der Waals surface area contributed by atoms with Crippen molar-refractivity contribution in [3.05, 3.63) is 175 Å². The number of allylic oxidation sites excluding steroid dienone is 2. The number of hydrogen-bond acceptors (Lipinski definition) is 9. The number of nitrogens with zero attached hydrogens (tertiary/aromatic N) is 6. The zero-order chi connectivity index (χ0) is 34.1. The number of hydrogen-bond donors (Lipinski definition) is 0. The highest BCUT2D eigenvalue weighted by molar-refractivity contribution is 8.17. The van der Waals surface area contributed by atoms with Crippen molar-refractivity contribution >= 4 is 56.2 Å². The van der Waals surface area contributed by atoms with Crippen LogP contribution >= 0.6 is 34.9 Å². The summed E-state index contributed by atoms with van der Waals surface area (Å²) in [5.41, 5.74) is 8.19. The first-order valence-corrected chi connectivity index (χ1v) is 17.1. The lowest BCUT2D eigenvalue weighted by Crippen LogP contribution is -2.12. The Hall–Kier alpha value is -6.08. The molecular formula is C38H18N6O2S3. The lowest BCUT2D eigenvalue weighted by atomic mass is 9.79. The minimum atomic E-state index is -0.265. The number of benzene rings is 4. The predicted octanol–water partition coefficient (Wildman–Crippen LogP) is 8.62. The molecule has 0 unspecified atom stereocenters. The fraction of sp³-hybridized carbons (Fsp3) is 0.0526. The minimum Gasteiger partial charge on any atom is -0.281 e. The van der Waals surface area contributed by atoms with Gasteiger partial charge in [0, 0.05) is 22.3 Å². The van der Waals surface area contributed by atoms with Crippen molar-refractivity contribution in [1.29, 1.82) is 10.5 Å². The van der Waals surface area contributed by atoms with Crippen LogP contribution in [0.2, 0.25) is 0 Å². The molecule has 1 aromatic heterocycles. The van der Waals surface area contributed by atoms with E-state index in [1.165, 1.54) is 0 Å². The van der Waals surface area contributed by atoms with E-state index in [9.17, 15) is 20.1 Å². The van der Waals surface area contributed by atoms with Crippen LogP contribution in [0, 0.1) is 35.8 Å². The molecule has 1 heterocycles. The first-order valence-electron chi connectivity index (χ1n) is 14.7. The van der Waals surface area contributed by atoms with Gasteiger partial charge in [-0.3, -0.25) is 9.59 Å². The number of thioether (sulfide) groups is 2. The lowest BCUT2D eigenvalue weighted by molar-refractivity contribution is 0.108. The van der Waals surface area contributed by atoms with Crippen LogP contribution in [0.5, 0.6) is 0 Å². The average molecular weight is 687 g/mol. The summed E-state index contributed by atoms with van der Waals surface area (Å²) < 4.78 is 0.738. The van der Waals surface area contributed by atoms with Gasteiger partial charge in [0.1, 0.15) is 0 Å². The molecule has 49 heavy (non-hydrogen) atoms. The van der Waals surface area contributed by atoms with E-state index in [1.807, 2.05) is 72.8 Å². The second-order valence-electron chi connectivity index (χ2n) is 10.8. The van der Waals surface area contributed by atoms with Gasteiger partial charge in [0.2, 0.25) is 10.2 Å². The molecule has 5 aromatic rings. The molecule has 0 saturated carbocycles. The molecule has 0 amide bonds. The molecule has 0 N–H and O–H groups in total. The Bertz CT molecular complexity index is 2300. The molecule has 11 heteroatoms. The van der Waals surface area contributed by atoms with Gasteiger partial charge < -0.3 is 0 Å². The van der Waals surface area contributed by atoms with E-state index in [1.54, 1.807) is 24.3 Å². The predicted molar refractivity (Wildman–Crippen MR) is 188 cm³/mol. The first-order chi connectivity index (χ1) is 23.9. The minimum absolute atomic E-state index is 0.0332. The van der Waals surface area contributed by atoms with Gasteiger partial charge in [-0.15, -0.1) is 10.2 Å². The fourth-order valence-electron chi connectivity index (χ4n) is 6.25. The largest absolute Gasteiger partial charge is 0.281 e. The maximum atomic E-state index is 13.7. The summed E-state index contributed by atoms with van der Waals surface area (Å²) in [5.74, 6) is 0. The lowest BCUT2D eigenvalue weighted by Gasteiger charge is -2.24. The molecule has 2 aliphatic carbocycles. The monoisotopic (exact) mass is 686 g/mol. The summed E-state index contributed by atoms with van der Waals surface area (Å²) in [6.45, 7) is 15.2. The van der Waals surface area contributed by atoms with Gasteiger partial charge in [0.25, 0.3) is 11.4 Å². The van der Waals surface area contributed by atoms with Gasteiger partial charge >= 0.3 is 0 Å². The highest BCUT2D eigenvalue weighted by Crippen LogP contribution is 2.43. The summed E-state index contributed by atoms with van der Waals surface area (Å²) >= 11 is 2.96. The van der Waals surface area contributed by atoms with E-state index >= 15 is 0 Å². The zero-order valence-corrected chi connectivity index (χ0v) is 27.7. The van der Waals surface area contributed by atoms with Crippen LogP contribution in [0.4, 0.5) is 0 Å². The van der Waals surface area contributed by atoms with E-state index in [0.717, 1.165) is 68.2 Å². The summed E-state index contributed by atoms with van der Waals surface area (Å²) in [7, 11) is 0. The Labute approximate surface area is 293 Å². The van der Waals surface area contributed by atoms with Crippen molar-refractivity contribution in [3.8, 4) is 12.1 Å². The quantitative estimate of drug-likeness (QED) is 0.103. The number of carbonyl (C=O) groups excluding carboxylic acids is 2. The van der Waals surface area contributed by atoms with E-state index in [0.29, 0.717) is 54.9 Å². The van der Waals surface area contributed by atoms with Crippen LogP contribution in [0.3, 0.4) is 0 Å².